The van der Waals surface area contributed by atoms with Crippen molar-refractivity contribution < 1.29 is 14.0 Å². The van der Waals surface area contributed by atoms with Crippen LogP contribution in [0, 0.1) is 5.82 Å². The highest BCUT2D eigenvalue weighted by atomic mass is 32.1. The Kier molecular flexibility index (Phi) is 5.05. The van der Waals surface area contributed by atoms with Gasteiger partial charge >= 0.3 is 0 Å². The Morgan fingerprint density at radius 1 is 1.12 bits per heavy atom. The van der Waals surface area contributed by atoms with Gasteiger partial charge in [-0.05, 0) is 61.1 Å². The maximum absolute atomic E-state index is 13.0. The van der Waals surface area contributed by atoms with E-state index in [1.807, 2.05) is 6.07 Å². The van der Waals surface area contributed by atoms with Crippen molar-refractivity contribution in [1.29, 1.82) is 0 Å². The summed E-state index contributed by atoms with van der Waals surface area (Å²) in [7, 11) is 0. The van der Waals surface area contributed by atoms with Gasteiger partial charge in [-0.2, -0.15) is 0 Å². The molecule has 0 spiro atoms. The number of nitrogens with one attached hydrogen (secondary N) is 2. The molecule has 2 amide bonds. The minimum absolute atomic E-state index is 0.318. The molecule has 4 nitrogen and oxygen atoms in total. The zero-order valence-corrected chi connectivity index (χ0v) is 13.8. The third kappa shape index (κ3) is 4.08. The fourth-order valence-corrected chi connectivity index (χ4v) is 3.76. The number of thiophene rings is 1. The molecule has 0 unspecified atom stereocenters. The number of fused-ring (bicyclic) bond motifs is 1. The van der Waals surface area contributed by atoms with Gasteiger partial charge in [-0.15, -0.1) is 11.3 Å². The first-order chi connectivity index (χ1) is 11.6. The molecule has 124 valence electrons. The molecule has 0 radical (unpaired) electrons. The SMILES string of the molecule is O=C(/C=C/c1cccc(F)c1)NNC(=O)c1cc2c(s1)CCCC2. The van der Waals surface area contributed by atoms with Crippen LogP contribution in [0.4, 0.5) is 4.39 Å². The van der Waals surface area contributed by atoms with Gasteiger partial charge in [0.05, 0.1) is 4.88 Å². The number of hydrogen-bond donors (Lipinski definition) is 2. The molecule has 0 saturated heterocycles. The summed E-state index contributed by atoms with van der Waals surface area (Å²) in [6.45, 7) is 0. The van der Waals surface area contributed by atoms with E-state index in [2.05, 4.69) is 10.9 Å². The highest BCUT2D eigenvalue weighted by molar-refractivity contribution is 7.14. The summed E-state index contributed by atoms with van der Waals surface area (Å²) < 4.78 is 13.0. The number of carbonyl (C=O) groups is 2. The Labute approximate surface area is 143 Å². The van der Waals surface area contributed by atoms with Crippen molar-refractivity contribution in [3.63, 3.8) is 0 Å². The van der Waals surface area contributed by atoms with Crippen molar-refractivity contribution in [2.24, 2.45) is 0 Å². The first kappa shape index (κ1) is 16.4. The Hall–Kier alpha value is -2.47. The van der Waals surface area contributed by atoms with E-state index in [4.69, 9.17) is 0 Å². The summed E-state index contributed by atoms with van der Waals surface area (Å²) in [5.74, 6) is -1.16. The molecule has 0 saturated carbocycles. The number of rotatable bonds is 3. The zero-order valence-electron chi connectivity index (χ0n) is 13.0. The number of halogens is 1. The fraction of sp³-hybridized carbons (Fsp3) is 0.222. The topological polar surface area (TPSA) is 58.2 Å². The van der Waals surface area contributed by atoms with E-state index >= 15 is 0 Å². The van der Waals surface area contributed by atoms with Crippen molar-refractivity contribution in [3.8, 4) is 0 Å². The molecule has 0 bridgehead atoms. The van der Waals surface area contributed by atoms with Crippen LogP contribution >= 0.6 is 11.3 Å². The van der Waals surface area contributed by atoms with E-state index in [1.165, 1.54) is 46.1 Å². The molecule has 3 rings (SSSR count). The summed E-state index contributed by atoms with van der Waals surface area (Å²) in [5.41, 5.74) is 6.55. The number of amides is 2. The van der Waals surface area contributed by atoms with Crippen LogP contribution in [0.15, 0.2) is 36.4 Å². The van der Waals surface area contributed by atoms with Crippen LogP contribution in [-0.4, -0.2) is 11.8 Å². The van der Waals surface area contributed by atoms with Crippen molar-refractivity contribution in [2.45, 2.75) is 25.7 Å². The molecular formula is C18H17FN2O2S. The van der Waals surface area contributed by atoms with Gasteiger partial charge in [0.1, 0.15) is 5.82 Å². The van der Waals surface area contributed by atoms with Crippen LogP contribution < -0.4 is 10.9 Å². The fourth-order valence-electron chi connectivity index (χ4n) is 2.61. The second-order valence-corrected chi connectivity index (χ2v) is 6.73. The van der Waals surface area contributed by atoms with Crippen LogP contribution in [0.3, 0.4) is 0 Å². The molecule has 1 aliphatic carbocycles. The van der Waals surface area contributed by atoms with Crippen LogP contribution in [-0.2, 0) is 17.6 Å². The summed E-state index contributed by atoms with van der Waals surface area (Å²) in [6.07, 6.45) is 7.09. The molecular weight excluding hydrogens is 327 g/mol. The highest BCUT2D eigenvalue weighted by Gasteiger charge is 2.17. The number of hydrogen-bond acceptors (Lipinski definition) is 3. The lowest BCUT2D eigenvalue weighted by Gasteiger charge is -2.08. The van der Waals surface area contributed by atoms with Crippen LogP contribution in [0.2, 0.25) is 0 Å². The maximum Gasteiger partial charge on any atom is 0.279 e. The lowest BCUT2D eigenvalue weighted by atomic mass is 9.99. The quantitative estimate of drug-likeness (QED) is 0.663. The Bertz CT molecular complexity index is 775. The van der Waals surface area contributed by atoms with Crippen LogP contribution in [0.25, 0.3) is 6.08 Å². The molecule has 0 aliphatic heterocycles. The third-order valence-electron chi connectivity index (χ3n) is 3.80. The van der Waals surface area contributed by atoms with Gasteiger partial charge in [-0.3, -0.25) is 20.4 Å². The highest BCUT2D eigenvalue weighted by Crippen LogP contribution is 2.29. The maximum atomic E-state index is 13.0. The van der Waals surface area contributed by atoms with Crippen molar-refractivity contribution in [3.05, 3.63) is 63.1 Å². The van der Waals surface area contributed by atoms with E-state index in [-0.39, 0.29) is 11.7 Å². The molecule has 2 aromatic rings. The number of hydrazine groups is 1. The van der Waals surface area contributed by atoms with Crippen molar-refractivity contribution in [2.75, 3.05) is 0 Å². The standard InChI is InChI=1S/C18H17FN2O2S/c19-14-6-3-4-12(10-14)8-9-17(22)20-21-18(23)16-11-13-5-1-2-7-15(13)24-16/h3-4,6,8-11H,1-2,5,7H2,(H,20,22)(H,21,23)/b9-8+. The Balaban J connectivity index is 1.54. The normalized spacial score (nSPS) is 13.5. The first-order valence-electron chi connectivity index (χ1n) is 7.77. The van der Waals surface area contributed by atoms with E-state index < -0.39 is 5.91 Å². The van der Waals surface area contributed by atoms with E-state index in [0.717, 1.165) is 25.7 Å². The second kappa shape index (κ2) is 7.40. The van der Waals surface area contributed by atoms with E-state index in [0.29, 0.717) is 10.4 Å². The zero-order chi connectivity index (χ0) is 16.9. The van der Waals surface area contributed by atoms with E-state index in [1.54, 1.807) is 12.1 Å². The number of benzene rings is 1. The van der Waals surface area contributed by atoms with Crippen molar-refractivity contribution >= 4 is 29.2 Å². The third-order valence-corrected chi connectivity index (χ3v) is 5.03. The smallest absolute Gasteiger partial charge is 0.268 e. The molecule has 0 fully saturated rings. The van der Waals surface area contributed by atoms with Gasteiger partial charge in [-0.25, -0.2) is 4.39 Å². The van der Waals surface area contributed by atoms with E-state index in [9.17, 15) is 14.0 Å². The van der Waals surface area contributed by atoms with Crippen LogP contribution in [0.1, 0.15) is 38.5 Å². The number of aryl methyl sites for hydroxylation is 2. The molecule has 24 heavy (non-hydrogen) atoms. The average molecular weight is 344 g/mol. The minimum Gasteiger partial charge on any atom is -0.268 e. The summed E-state index contributed by atoms with van der Waals surface area (Å²) >= 11 is 1.48. The lowest BCUT2D eigenvalue weighted by molar-refractivity contribution is -0.117. The molecule has 1 aliphatic rings. The van der Waals surface area contributed by atoms with Gasteiger partial charge in [0, 0.05) is 11.0 Å². The minimum atomic E-state index is -0.478. The summed E-state index contributed by atoms with van der Waals surface area (Å²) in [6, 6.07) is 7.80. The molecule has 1 aromatic heterocycles. The predicted molar refractivity (Wildman–Crippen MR) is 92.0 cm³/mol. The summed E-state index contributed by atoms with van der Waals surface area (Å²) in [5, 5.41) is 0. The van der Waals surface area contributed by atoms with Gasteiger partial charge in [-0.1, -0.05) is 12.1 Å². The van der Waals surface area contributed by atoms with Gasteiger partial charge in [0.25, 0.3) is 11.8 Å². The molecule has 1 heterocycles. The summed E-state index contributed by atoms with van der Waals surface area (Å²) in [4.78, 5) is 25.7. The predicted octanol–water partition coefficient (Wildman–Crippen LogP) is 3.24. The van der Waals surface area contributed by atoms with Gasteiger partial charge in [0.2, 0.25) is 0 Å². The lowest BCUT2D eigenvalue weighted by Crippen LogP contribution is -2.40. The Morgan fingerprint density at radius 2 is 1.96 bits per heavy atom. The molecule has 2 N–H and O–H groups in total. The monoisotopic (exact) mass is 344 g/mol. The molecule has 6 heteroatoms. The first-order valence-corrected chi connectivity index (χ1v) is 8.59. The van der Waals surface area contributed by atoms with Crippen molar-refractivity contribution in [1.82, 2.24) is 10.9 Å². The average Bonchev–Trinajstić information content (AvgIpc) is 3.02. The van der Waals surface area contributed by atoms with Gasteiger partial charge < -0.3 is 0 Å². The van der Waals surface area contributed by atoms with Gasteiger partial charge in [0.15, 0.2) is 0 Å². The second-order valence-electron chi connectivity index (χ2n) is 5.60. The van der Waals surface area contributed by atoms with Crippen LogP contribution in [0.5, 0.6) is 0 Å². The molecule has 0 atom stereocenters. The molecule has 1 aromatic carbocycles. The number of carbonyl (C=O) groups excluding carboxylic acids is 2. The largest absolute Gasteiger partial charge is 0.279 e. The Morgan fingerprint density at radius 3 is 2.75 bits per heavy atom.